The number of nitrogens with zero attached hydrogens (tertiary/aromatic N) is 2. The molecule has 1 aromatic heterocycles. The highest BCUT2D eigenvalue weighted by atomic mass is 35.5. The number of hydrogen-bond acceptors (Lipinski definition) is 4. The first-order valence-corrected chi connectivity index (χ1v) is 12.2. The van der Waals surface area contributed by atoms with Crippen molar-refractivity contribution in [3.8, 4) is 0 Å². The minimum Gasteiger partial charge on any atom is -0.370 e. The van der Waals surface area contributed by atoms with Gasteiger partial charge in [-0.2, -0.15) is 0 Å². The van der Waals surface area contributed by atoms with Crippen LogP contribution in [0.2, 0.25) is 10.0 Å². The van der Waals surface area contributed by atoms with Gasteiger partial charge in [-0.3, -0.25) is 4.98 Å². The SMILES string of the molecule is CC1CCN(c2c(S(=O)(=O)Cc3ccc(F)c(Cl)c3)cnc3cc(Cl)ccc23)CC1. The first-order valence-electron chi connectivity index (χ1n) is 9.74. The van der Waals surface area contributed by atoms with Gasteiger partial charge in [0.25, 0.3) is 0 Å². The third-order valence-electron chi connectivity index (χ3n) is 5.54. The number of fused-ring (bicyclic) bond motifs is 1. The fourth-order valence-electron chi connectivity index (χ4n) is 3.85. The molecule has 0 atom stereocenters. The van der Waals surface area contributed by atoms with Crippen LogP contribution in [-0.4, -0.2) is 26.5 Å². The molecule has 0 unspecified atom stereocenters. The topological polar surface area (TPSA) is 50.3 Å². The summed E-state index contributed by atoms with van der Waals surface area (Å²) in [6.45, 7) is 3.75. The van der Waals surface area contributed by atoms with Gasteiger partial charge in [-0.25, -0.2) is 12.8 Å². The number of pyridine rings is 1. The number of rotatable bonds is 4. The Hall–Kier alpha value is -1.89. The van der Waals surface area contributed by atoms with E-state index in [0.29, 0.717) is 27.7 Å². The predicted octanol–water partition coefficient (Wildman–Crippen LogP) is 5.89. The minimum absolute atomic E-state index is 0.0979. The third-order valence-corrected chi connectivity index (χ3v) is 7.75. The fourth-order valence-corrected chi connectivity index (χ4v) is 5.74. The molecule has 2 heterocycles. The molecule has 0 saturated carbocycles. The first-order chi connectivity index (χ1) is 14.2. The maximum atomic E-state index is 13.5. The zero-order valence-electron chi connectivity index (χ0n) is 16.4. The second-order valence-corrected chi connectivity index (χ2v) is 10.6. The Labute approximate surface area is 185 Å². The van der Waals surface area contributed by atoms with Crippen LogP contribution in [0.3, 0.4) is 0 Å². The summed E-state index contributed by atoms with van der Waals surface area (Å²) < 4.78 is 40.3. The van der Waals surface area contributed by atoms with Gasteiger partial charge in [-0.1, -0.05) is 36.2 Å². The van der Waals surface area contributed by atoms with E-state index in [0.717, 1.165) is 31.3 Å². The van der Waals surface area contributed by atoms with Crippen LogP contribution in [0.1, 0.15) is 25.3 Å². The molecule has 0 amide bonds. The van der Waals surface area contributed by atoms with E-state index in [-0.39, 0.29) is 15.7 Å². The van der Waals surface area contributed by atoms with Crippen molar-refractivity contribution in [2.24, 2.45) is 5.92 Å². The lowest BCUT2D eigenvalue weighted by Crippen LogP contribution is -2.34. The number of sulfone groups is 1. The average Bonchev–Trinajstić information content (AvgIpc) is 2.70. The molecule has 4 rings (SSSR count). The Balaban J connectivity index is 1.83. The Morgan fingerprint density at radius 2 is 1.87 bits per heavy atom. The summed E-state index contributed by atoms with van der Waals surface area (Å²) in [5.41, 5.74) is 1.74. The average molecular weight is 467 g/mol. The van der Waals surface area contributed by atoms with Crippen LogP contribution in [0.5, 0.6) is 0 Å². The van der Waals surface area contributed by atoms with Crippen LogP contribution in [-0.2, 0) is 15.6 Å². The second-order valence-electron chi connectivity index (χ2n) is 7.81. The predicted molar refractivity (Wildman–Crippen MR) is 120 cm³/mol. The standard InChI is InChI=1S/C22H21Cl2FN2O2S/c1-14-6-8-27(9-7-14)22-17-4-3-16(23)11-20(17)26-12-21(22)30(28,29)13-15-2-5-19(25)18(24)10-15/h2-5,10-12,14H,6-9,13H2,1H3. The summed E-state index contributed by atoms with van der Waals surface area (Å²) in [6, 6.07) is 9.29. The number of piperidine rings is 1. The molecule has 3 aromatic rings. The summed E-state index contributed by atoms with van der Waals surface area (Å²) in [7, 11) is -3.76. The highest BCUT2D eigenvalue weighted by Gasteiger charge is 2.27. The minimum atomic E-state index is -3.76. The lowest BCUT2D eigenvalue weighted by atomic mass is 9.98. The molecule has 1 aliphatic heterocycles. The monoisotopic (exact) mass is 466 g/mol. The van der Waals surface area contributed by atoms with Crippen LogP contribution in [0.4, 0.5) is 10.1 Å². The maximum absolute atomic E-state index is 13.5. The zero-order valence-corrected chi connectivity index (χ0v) is 18.7. The smallest absolute Gasteiger partial charge is 0.186 e. The van der Waals surface area contributed by atoms with E-state index >= 15 is 0 Å². The highest BCUT2D eigenvalue weighted by molar-refractivity contribution is 7.90. The van der Waals surface area contributed by atoms with Gasteiger partial charge in [0, 0.05) is 29.7 Å². The molecule has 0 radical (unpaired) electrons. The van der Waals surface area contributed by atoms with Gasteiger partial charge in [0.2, 0.25) is 0 Å². The molecule has 158 valence electrons. The molecular weight excluding hydrogens is 446 g/mol. The number of anilines is 1. The van der Waals surface area contributed by atoms with Gasteiger partial charge < -0.3 is 4.90 Å². The van der Waals surface area contributed by atoms with Gasteiger partial charge in [-0.15, -0.1) is 0 Å². The van der Waals surface area contributed by atoms with Crippen molar-refractivity contribution in [2.45, 2.75) is 30.4 Å². The molecule has 0 bridgehead atoms. The van der Waals surface area contributed by atoms with Crippen LogP contribution in [0.25, 0.3) is 10.9 Å². The van der Waals surface area contributed by atoms with Crippen molar-refractivity contribution in [3.05, 3.63) is 64.0 Å². The number of hydrogen-bond donors (Lipinski definition) is 0. The molecule has 0 aliphatic carbocycles. The number of aromatic nitrogens is 1. The molecule has 8 heteroatoms. The second kappa shape index (κ2) is 8.33. The van der Waals surface area contributed by atoms with E-state index in [1.807, 2.05) is 6.07 Å². The van der Waals surface area contributed by atoms with E-state index in [9.17, 15) is 12.8 Å². The molecule has 0 N–H and O–H groups in total. The molecule has 1 fully saturated rings. The Kier molecular flexibility index (Phi) is 5.93. The number of halogens is 3. The van der Waals surface area contributed by atoms with E-state index in [1.54, 1.807) is 12.1 Å². The highest BCUT2D eigenvalue weighted by Crippen LogP contribution is 2.37. The molecule has 2 aromatic carbocycles. The van der Waals surface area contributed by atoms with Crippen molar-refractivity contribution in [2.75, 3.05) is 18.0 Å². The Morgan fingerprint density at radius 3 is 2.57 bits per heavy atom. The zero-order chi connectivity index (χ0) is 21.5. The van der Waals surface area contributed by atoms with Crippen molar-refractivity contribution in [3.63, 3.8) is 0 Å². The van der Waals surface area contributed by atoms with Crippen LogP contribution < -0.4 is 4.90 Å². The molecule has 1 saturated heterocycles. The van der Waals surface area contributed by atoms with E-state index in [1.165, 1.54) is 24.4 Å². The Bertz CT molecular complexity index is 1210. The summed E-state index contributed by atoms with van der Waals surface area (Å²) >= 11 is 12.0. The summed E-state index contributed by atoms with van der Waals surface area (Å²) in [6.07, 6.45) is 3.39. The first kappa shape index (κ1) is 21.3. The molecule has 0 spiro atoms. The van der Waals surface area contributed by atoms with Crippen molar-refractivity contribution in [1.29, 1.82) is 0 Å². The third kappa shape index (κ3) is 4.27. The Morgan fingerprint density at radius 1 is 1.13 bits per heavy atom. The maximum Gasteiger partial charge on any atom is 0.186 e. The van der Waals surface area contributed by atoms with E-state index in [4.69, 9.17) is 23.2 Å². The van der Waals surface area contributed by atoms with Gasteiger partial charge >= 0.3 is 0 Å². The van der Waals surface area contributed by atoms with Crippen molar-refractivity contribution in [1.82, 2.24) is 4.98 Å². The fraction of sp³-hybridized carbons (Fsp3) is 0.318. The van der Waals surface area contributed by atoms with Crippen LogP contribution >= 0.6 is 23.2 Å². The van der Waals surface area contributed by atoms with Crippen LogP contribution in [0, 0.1) is 11.7 Å². The molecule has 4 nitrogen and oxygen atoms in total. The lowest BCUT2D eigenvalue weighted by Gasteiger charge is -2.34. The lowest BCUT2D eigenvalue weighted by molar-refractivity contribution is 0.437. The molecule has 30 heavy (non-hydrogen) atoms. The van der Waals surface area contributed by atoms with Gasteiger partial charge in [0.15, 0.2) is 9.84 Å². The van der Waals surface area contributed by atoms with Crippen LogP contribution in [0.15, 0.2) is 47.5 Å². The normalized spacial score (nSPS) is 15.7. The van der Waals surface area contributed by atoms with Gasteiger partial charge in [-0.05, 0) is 54.7 Å². The van der Waals surface area contributed by atoms with E-state index in [2.05, 4.69) is 16.8 Å². The largest absolute Gasteiger partial charge is 0.370 e. The van der Waals surface area contributed by atoms with E-state index < -0.39 is 15.7 Å². The van der Waals surface area contributed by atoms with Gasteiger partial charge in [0.05, 0.1) is 22.0 Å². The molecule has 1 aliphatic rings. The molecular formula is C22H21Cl2FN2O2S. The summed E-state index contributed by atoms with van der Waals surface area (Å²) in [4.78, 5) is 6.68. The van der Waals surface area contributed by atoms with Gasteiger partial charge in [0.1, 0.15) is 10.7 Å². The summed E-state index contributed by atoms with van der Waals surface area (Å²) in [5, 5.41) is 1.20. The quantitative estimate of drug-likeness (QED) is 0.480. The van der Waals surface area contributed by atoms with Crippen molar-refractivity contribution >= 4 is 49.6 Å². The van der Waals surface area contributed by atoms with Crippen molar-refractivity contribution < 1.29 is 12.8 Å². The summed E-state index contributed by atoms with van der Waals surface area (Å²) in [5.74, 6) is -0.263. The number of benzene rings is 2.